The largest absolute Gasteiger partial charge is 0.338 e. The van der Waals surface area contributed by atoms with Crippen LogP contribution >= 0.6 is 11.6 Å². The molecule has 1 N–H and O–H groups in total. The highest BCUT2D eigenvalue weighted by atomic mass is 35.5. The Labute approximate surface area is 134 Å². The molecule has 1 heterocycles. The van der Waals surface area contributed by atoms with Gasteiger partial charge in [-0.05, 0) is 32.0 Å². The first-order chi connectivity index (χ1) is 10.3. The molecule has 1 aliphatic heterocycles. The van der Waals surface area contributed by atoms with E-state index in [4.69, 9.17) is 11.6 Å². The third-order valence-electron chi connectivity index (χ3n) is 3.81. The molecule has 0 bridgehead atoms. The molecule has 0 aliphatic carbocycles. The van der Waals surface area contributed by atoms with Crippen molar-refractivity contribution in [2.45, 2.75) is 25.3 Å². The summed E-state index contributed by atoms with van der Waals surface area (Å²) in [4.78, 5) is 13.9. The molecule has 122 valence electrons. The van der Waals surface area contributed by atoms with Crippen molar-refractivity contribution >= 4 is 27.5 Å². The molecular formula is C14H18ClFN2O3S. The van der Waals surface area contributed by atoms with E-state index in [-0.39, 0.29) is 34.7 Å². The van der Waals surface area contributed by atoms with Crippen molar-refractivity contribution in [3.05, 3.63) is 34.6 Å². The molecule has 1 fully saturated rings. The fourth-order valence-electron chi connectivity index (χ4n) is 2.63. The number of hydrogen-bond acceptors (Lipinski definition) is 3. The maximum absolute atomic E-state index is 13.8. The number of benzene rings is 1. The Balaban J connectivity index is 2.12. The maximum atomic E-state index is 13.8. The Morgan fingerprint density at radius 3 is 2.86 bits per heavy atom. The second kappa shape index (κ2) is 6.93. The van der Waals surface area contributed by atoms with E-state index in [1.54, 1.807) is 0 Å². The molecule has 8 heteroatoms. The molecule has 0 spiro atoms. The number of carbonyl (C=O) groups excluding carboxylic acids is 1. The zero-order valence-electron chi connectivity index (χ0n) is 12.2. The van der Waals surface area contributed by atoms with Crippen LogP contribution in [0.4, 0.5) is 4.39 Å². The van der Waals surface area contributed by atoms with Crippen molar-refractivity contribution in [1.82, 2.24) is 9.62 Å². The van der Waals surface area contributed by atoms with Gasteiger partial charge in [-0.15, -0.1) is 0 Å². The summed E-state index contributed by atoms with van der Waals surface area (Å²) in [6.07, 6.45) is 1.19. The maximum Gasteiger partial charge on any atom is 0.227 e. The van der Waals surface area contributed by atoms with Gasteiger partial charge in [0.15, 0.2) is 0 Å². The molecule has 1 amide bonds. The number of amides is 1. The Bertz CT molecular complexity index is 646. The number of nitrogens with zero attached hydrogens (tertiary/aromatic N) is 1. The number of sulfonamides is 1. The average molecular weight is 349 g/mol. The van der Waals surface area contributed by atoms with Crippen LogP contribution in [0.3, 0.4) is 0 Å². The smallest absolute Gasteiger partial charge is 0.227 e. The van der Waals surface area contributed by atoms with E-state index in [1.807, 2.05) is 0 Å². The van der Waals surface area contributed by atoms with Crippen LogP contribution in [0.2, 0.25) is 5.02 Å². The summed E-state index contributed by atoms with van der Waals surface area (Å²) in [7, 11) is -2.06. The number of carbonyl (C=O) groups is 1. The first-order valence-corrected chi connectivity index (χ1v) is 9.00. The lowest BCUT2D eigenvalue weighted by atomic mass is 10.1. The van der Waals surface area contributed by atoms with Crippen molar-refractivity contribution in [2.75, 3.05) is 19.3 Å². The van der Waals surface area contributed by atoms with Crippen LogP contribution < -0.4 is 4.72 Å². The van der Waals surface area contributed by atoms with Crippen molar-refractivity contribution in [3.63, 3.8) is 0 Å². The third-order valence-corrected chi connectivity index (χ3v) is 5.61. The quantitative estimate of drug-likeness (QED) is 0.878. The standard InChI is InChI=1S/C14H18ClFN2O3S/c1-17-22(20,21)9-10-4-3-7-18(10)14(19)8-11-12(15)5-2-6-13(11)16/h2,5-6,10,17H,3-4,7-9H2,1H3/t10-/m0/s1. The summed E-state index contributed by atoms with van der Waals surface area (Å²) in [6, 6.07) is 3.88. The second-order valence-corrected chi connectivity index (χ2v) is 7.62. The van der Waals surface area contributed by atoms with E-state index in [2.05, 4.69) is 4.72 Å². The lowest BCUT2D eigenvalue weighted by molar-refractivity contribution is -0.130. The lowest BCUT2D eigenvalue weighted by Crippen LogP contribution is -2.42. The average Bonchev–Trinajstić information content (AvgIpc) is 2.90. The summed E-state index contributed by atoms with van der Waals surface area (Å²) in [5.74, 6) is -0.972. The number of likely N-dealkylation sites (tertiary alicyclic amines) is 1. The first-order valence-electron chi connectivity index (χ1n) is 6.97. The summed E-state index contributed by atoms with van der Waals surface area (Å²) in [5, 5.41) is 0.201. The second-order valence-electron chi connectivity index (χ2n) is 5.25. The van der Waals surface area contributed by atoms with Gasteiger partial charge < -0.3 is 4.90 Å². The van der Waals surface area contributed by atoms with E-state index in [0.717, 1.165) is 6.42 Å². The van der Waals surface area contributed by atoms with E-state index in [0.29, 0.717) is 13.0 Å². The van der Waals surface area contributed by atoms with Gasteiger partial charge in [-0.3, -0.25) is 4.79 Å². The van der Waals surface area contributed by atoms with Gasteiger partial charge in [0, 0.05) is 23.2 Å². The molecule has 0 aromatic heterocycles. The van der Waals surface area contributed by atoms with Crippen LogP contribution in [0.1, 0.15) is 18.4 Å². The highest BCUT2D eigenvalue weighted by molar-refractivity contribution is 7.89. The minimum absolute atomic E-state index is 0.139. The van der Waals surface area contributed by atoms with Crippen LogP contribution in [0, 0.1) is 5.82 Å². The van der Waals surface area contributed by atoms with Gasteiger partial charge in [0.05, 0.1) is 12.2 Å². The van der Waals surface area contributed by atoms with Crippen LogP contribution in [0.15, 0.2) is 18.2 Å². The van der Waals surface area contributed by atoms with Crippen LogP contribution in [0.5, 0.6) is 0 Å². The molecule has 1 aromatic carbocycles. The summed E-state index contributed by atoms with van der Waals surface area (Å²) in [5.41, 5.74) is 0.149. The van der Waals surface area contributed by atoms with Gasteiger partial charge in [-0.2, -0.15) is 0 Å². The number of halogens is 2. The topological polar surface area (TPSA) is 66.5 Å². The summed E-state index contributed by atoms with van der Waals surface area (Å²) >= 11 is 5.93. The minimum Gasteiger partial charge on any atom is -0.338 e. The van der Waals surface area contributed by atoms with Crippen molar-refractivity contribution in [2.24, 2.45) is 0 Å². The van der Waals surface area contributed by atoms with Gasteiger partial charge >= 0.3 is 0 Å². The Hall–Kier alpha value is -1.18. The fourth-order valence-corrected chi connectivity index (χ4v) is 3.88. The molecule has 1 aromatic rings. The number of hydrogen-bond donors (Lipinski definition) is 1. The van der Waals surface area contributed by atoms with Gasteiger partial charge in [0.2, 0.25) is 15.9 Å². The van der Waals surface area contributed by atoms with Gasteiger partial charge in [0.25, 0.3) is 0 Å². The Morgan fingerprint density at radius 1 is 1.50 bits per heavy atom. The molecule has 1 atom stereocenters. The first kappa shape index (κ1) is 17.2. The molecule has 22 heavy (non-hydrogen) atoms. The van der Waals surface area contributed by atoms with Crippen LogP contribution in [-0.2, 0) is 21.2 Å². The molecule has 2 rings (SSSR count). The highest BCUT2D eigenvalue weighted by Crippen LogP contribution is 2.23. The van der Waals surface area contributed by atoms with Gasteiger partial charge in [0.1, 0.15) is 5.82 Å². The molecule has 0 saturated carbocycles. The predicted molar refractivity (Wildman–Crippen MR) is 82.7 cm³/mol. The lowest BCUT2D eigenvalue weighted by Gasteiger charge is -2.24. The fraction of sp³-hybridized carbons (Fsp3) is 0.500. The molecule has 0 radical (unpaired) electrons. The van der Waals surface area contributed by atoms with Crippen LogP contribution in [-0.4, -0.2) is 44.6 Å². The summed E-state index contributed by atoms with van der Waals surface area (Å²) < 4.78 is 39.3. The number of nitrogens with one attached hydrogen (secondary N) is 1. The molecule has 1 aliphatic rings. The highest BCUT2D eigenvalue weighted by Gasteiger charge is 2.32. The van der Waals surface area contributed by atoms with E-state index in [9.17, 15) is 17.6 Å². The van der Waals surface area contributed by atoms with Crippen molar-refractivity contribution < 1.29 is 17.6 Å². The van der Waals surface area contributed by atoms with E-state index < -0.39 is 15.8 Å². The molecule has 5 nitrogen and oxygen atoms in total. The third kappa shape index (κ3) is 3.97. The summed E-state index contributed by atoms with van der Waals surface area (Å²) in [6.45, 7) is 0.481. The van der Waals surface area contributed by atoms with Crippen LogP contribution in [0.25, 0.3) is 0 Å². The molecule has 0 unspecified atom stereocenters. The van der Waals surface area contributed by atoms with Gasteiger partial charge in [-0.25, -0.2) is 17.5 Å². The molecular weight excluding hydrogens is 331 g/mol. The van der Waals surface area contributed by atoms with Crippen molar-refractivity contribution in [1.29, 1.82) is 0 Å². The normalized spacial score (nSPS) is 18.7. The SMILES string of the molecule is CNS(=O)(=O)C[C@@H]1CCCN1C(=O)Cc1c(F)cccc1Cl. The molecule has 1 saturated heterocycles. The number of rotatable bonds is 5. The van der Waals surface area contributed by atoms with Gasteiger partial charge in [-0.1, -0.05) is 17.7 Å². The Kier molecular flexibility index (Phi) is 5.41. The predicted octanol–water partition coefficient (Wildman–Crippen LogP) is 1.56. The van der Waals surface area contributed by atoms with Crippen molar-refractivity contribution in [3.8, 4) is 0 Å². The zero-order chi connectivity index (χ0) is 16.3. The van der Waals surface area contributed by atoms with E-state index >= 15 is 0 Å². The minimum atomic E-state index is -3.40. The monoisotopic (exact) mass is 348 g/mol. The zero-order valence-corrected chi connectivity index (χ0v) is 13.8. The Morgan fingerprint density at radius 2 is 2.23 bits per heavy atom. The van der Waals surface area contributed by atoms with E-state index in [1.165, 1.54) is 30.1 Å².